The van der Waals surface area contributed by atoms with E-state index in [1.54, 1.807) is 4.90 Å². The molecule has 6 nitrogen and oxygen atoms in total. The van der Waals surface area contributed by atoms with E-state index in [0.29, 0.717) is 19.6 Å². The number of carbonyl (C=O) groups is 2. The third kappa shape index (κ3) is 4.62. The first kappa shape index (κ1) is 14.9. The largest absolute Gasteiger partial charge is 0.480 e. The first-order chi connectivity index (χ1) is 8.11. The van der Waals surface area contributed by atoms with Crippen LogP contribution in [0.1, 0.15) is 27.7 Å². The molecule has 18 heavy (non-hydrogen) atoms. The van der Waals surface area contributed by atoms with Crippen molar-refractivity contribution in [3.8, 4) is 0 Å². The van der Waals surface area contributed by atoms with Gasteiger partial charge in [0.1, 0.15) is 12.2 Å². The molecule has 0 spiro atoms. The van der Waals surface area contributed by atoms with Crippen LogP contribution in [0.25, 0.3) is 0 Å². The lowest BCUT2D eigenvalue weighted by Gasteiger charge is -2.47. The Morgan fingerprint density at radius 3 is 2.39 bits per heavy atom. The van der Waals surface area contributed by atoms with Gasteiger partial charge < -0.3 is 20.1 Å². The molecule has 104 valence electrons. The summed E-state index contributed by atoms with van der Waals surface area (Å²) in [4.78, 5) is 23.9. The zero-order chi connectivity index (χ0) is 14.0. The van der Waals surface area contributed by atoms with Gasteiger partial charge >= 0.3 is 5.97 Å². The normalized spacial score (nSPS) is 18.3. The van der Waals surface area contributed by atoms with Gasteiger partial charge in [-0.2, -0.15) is 0 Å². The van der Waals surface area contributed by atoms with Crippen LogP contribution >= 0.6 is 0 Å². The number of rotatable bonds is 5. The van der Waals surface area contributed by atoms with Gasteiger partial charge in [-0.15, -0.1) is 0 Å². The van der Waals surface area contributed by atoms with Gasteiger partial charge in [0.15, 0.2) is 0 Å². The molecule has 2 N–H and O–H groups in total. The Hall–Kier alpha value is -1.14. The van der Waals surface area contributed by atoms with Crippen LogP contribution in [0.2, 0.25) is 0 Å². The maximum absolute atomic E-state index is 11.8. The van der Waals surface area contributed by atoms with Crippen molar-refractivity contribution < 1.29 is 19.4 Å². The number of hydrogen-bond acceptors (Lipinski definition) is 4. The van der Waals surface area contributed by atoms with E-state index >= 15 is 0 Å². The molecule has 0 aromatic carbocycles. The highest BCUT2D eigenvalue weighted by molar-refractivity contribution is 5.79. The Bertz CT molecular complexity index is 329. The summed E-state index contributed by atoms with van der Waals surface area (Å²) in [6, 6.07) is 0. The molecule has 1 aliphatic heterocycles. The third-order valence-electron chi connectivity index (χ3n) is 2.72. The van der Waals surface area contributed by atoms with Crippen molar-refractivity contribution in [2.75, 3.05) is 26.2 Å². The third-order valence-corrected chi connectivity index (χ3v) is 2.72. The predicted molar refractivity (Wildman–Crippen MR) is 66.3 cm³/mol. The van der Waals surface area contributed by atoms with Gasteiger partial charge in [0, 0.05) is 5.54 Å². The van der Waals surface area contributed by atoms with Gasteiger partial charge in [-0.3, -0.25) is 4.79 Å². The van der Waals surface area contributed by atoms with E-state index in [4.69, 9.17) is 9.84 Å². The number of nitrogens with one attached hydrogen (secondary N) is 1. The summed E-state index contributed by atoms with van der Waals surface area (Å²) in [7, 11) is 0. The van der Waals surface area contributed by atoms with E-state index < -0.39 is 11.6 Å². The second-order valence-electron chi connectivity index (χ2n) is 5.99. The van der Waals surface area contributed by atoms with Crippen LogP contribution in [0.4, 0.5) is 0 Å². The smallest absolute Gasteiger partial charge is 0.329 e. The highest BCUT2D eigenvalue weighted by Gasteiger charge is 2.42. The lowest BCUT2D eigenvalue weighted by molar-refractivity contribution is -0.172. The van der Waals surface area contributed by atoms with E-state index in [9.17, 15) is 9.59 Å². The molecular weight excluding hydrogens is 236 g/mol. The Balaban J connectivity index is 2.28. The van der Waals surface area contributed by atoms with Crippen LogP contribution in [0, 0.1) is 0 Å². The molecule has 1 fully saturated rings. The highest BCUT2D eigenvalue weighted by atomic mass is 16.5. The van der Waals surface area contributed by atoms with E-state index in [1.165, 1.54) is 0 Å². The number of ether oxygens (including phenoxy) is 1. The van der Waals surface area contributed by atoms with Gasteiger partial charge in [-0.05, 0) is 27.7 Å². The molecule has 1 rings (SSSR count). The van der Waals surface area contributed by atoms with Crippen LogP contribution < -0.4 is 5.32 Å². The summed E-state index contributed by atoms with van der Waals surface area (Å²) in [5, 5.41) is 11.7. The summed E-state index contributed by atoms with van der Waals surface area (Å²) < 4.78 is 5.24. The summed E-state index contributed by atoms with van der Waals surface area (Å²) in [6.45, 7) is 8.67. The van der Waals surface area contributed by atoms with Crippen molar-refractivity contribution in [2.24, 2.45) is 0 Å². The summed E-state index contributed by atoms with van der Waals surface area (Å²) in [5.74, 6) is -0.975. The molecule has 0 bridgehead atoms. The van der Waals surface area contributed by atoms with Gasteiger partial charge in [-0.1, -0.05) is 0 Å². The Morgan fingerprint density at radius 2 is 1.94 bits per heavy atom. The van der Waals surface area contributed by atoms with Gasteiger partial charge in [0.2, 0.25) is 5.91 Å². The minimum absolute atomic E-state index is 0.0151. The number of carbonyl (C=O) groups excluding carboxylic acids is 1. The summed E-state index contributed by atoms with van der Waals surface area (Å²) in [5.41, 5.74) is -0.612. The monoisotopic (exact) mass is 258 g/mol. The SMILES string of the molecule is CC(C)(C)NCC(=O)N1CC(C)(OCC(=O)O)C1. The van der Waals surface area contributed by atoms with E-state index in [1.807, 2.05) is 27.7 Å². The van der Waals surface area contributed by atoms with Crippen LogP contribution in [0.5, 0.6) is 0 Å². The molecule has 0 radical (unpaired) electrons. The number of nitrogens with zero attached hydrogens (tertiary/aromatic N) is 1. The molecular formula is C12H22N2O4. The van der Waals surface area contributed by atoms with Crippen LogP contribution in [0.3, 0.4) is 0 Å². The van der Waals surface area contributed by atoms with Gasteiger partial charge in [0.25, 0.3) is 0 Å². The lowest BCUT2D eigenvalue weighted by Crippen LogP contribution is -2.65. The molecule has 1 amide bonds. The van der Waals surface area contributed by atoms with Crippen molar-refractivity contribution >= 4 is 11.9 Å². The fourth-order valence-corrected chi connectivity index (χ4v) is 1.72. The second kappa shape index (κ2) is 5.24. The molecule has 0 aromatic heterocycles. The Labute approximate surface area is 107 Å². The van der Waals surface area contributed by atoms with Crippen molar-refractivity contribution in [1.82, 2.24) is 10.2 Å². The zero-order valence-electron chi connectivity index (χ0n) is 11.4. The van der Waals surface area contributed by atoms with Crippen molar-refractivity contribution in [3.63, 3.8) is 0 Å². The number of hydrogen-bond donors (Lipinski definition) is 2. The molecule has 1 heterocycles. The number of carboxylic acids is 1. The molecule has 0 saturated carbocycles. The molecule has 0 atom stereocenters. The first-order valence-corrected chi connectivity index (χ1v) is 6.00. The number of aliphatic carboxylic acids is 1. The summed E-state index contributed by atoms with van der Waals surface area (Å²) >= 11 is 0. The second-order valence-corrected chi connectivity index (χ2v) is 5.99. The standard InChI is InChI=1S/C12H22N2O4/c1-11(2,3)13-5-9(15)14-7-12(4,8-14)18-6-10(16)17/h13H,5-8H2,1-4H3,(H,16,17). The zero-order valence-corrected chi connectivity index (χ0v) is 11.4. The van der Waals surface area contributed by atoms with E-state index in [2.05, 4.69) is 5.32 Å². The maximum atomic E-state index is 11.8. The van der Waals surface area contributed by atoms with E-state index in [0.717, 1.165) is 0 Å². The minimum atomic E-state index is -0.990. The van der Waals surface area contributed by atoms with Crippen molar-refractivity contribution in [3.05, 3.63) is 0 Å². The van der Waals surface area contributed by atoms with Crippen molar-refractivity contribution in [2.45, 2.75) is 38.8 Å². The fraction of sp³-hybridized carbons (Fsp3) is 0.833. The fourth-order valence-electron chi connectivity index (χ4n) is 1.72. The number of carboxylic acid groups (broad SMARTS) is 1. The van der Waals surface area contributed by atoms with Crippen LogP contribution in [-0.4, -0.2) is 59.3 Å². The topological polar surface area (TPSA) is 78.9 Å². The maximum Gasteiger partial charge on any atom is 0.329 e. The van der Waals surface area contributed by atoms with Gasteiger partial charge in [-0.25, -0.2) is 4.79 Å². The summed E-state index contributed by atoms with van der Waals surface area (Å²) in [6.07, 6.45) is 0. The minimum Gasteiger partial charge on any atom is -0.480 e. The molecule has 0 unspecified atom stereocenters. The Morgan fingerprint density at radius 1 is 1.39 bits per heavy atom. The van der Waals surface area contributed by atoms with Crippen molar-refractivity contribution in [1.29, 1.82) is 0 Å². The Kier molecular flexibility index (Phi) is 4.34. The molecule has 0 aliphatic carbocycles. The predicted octanol–water partition coefficient (Wildman–Crippen LogP) is 0.0766. The quantitative estimate of drug-likeness (QED) is 0.730. The lowest BCUT2D eigenvalue weighted by atomic mass is 9.96. The van der Waals surface area contributed by atoms with Crippen LogP contribution in [0.15, 0.2) is 0 Å². The molecule has 0 aromatic rings. The molecule has 1 saturated heterocycles. The first-order valence-electron chi connectivity index (χ1n) is 6.00. The average molecular weight is 258 g/mol. The van der Waals surface area contributed by atoms with Crippen LogP contribution in [-0.2, 0) is 14.3 Å². The molecule has 6 heteroatoms. The number of amides is 1. The van der Waals surface area contributed by atoms with E-state index in [-0.39, 0.29) is 18.1 Å². The number of likely N-dealkylation sites (tertiary alicyclic amines) is 1. The highest BCUT2D eigenvalue weighted by Crippen LogP contribution is 2.24. The molecule has 1 aliphatic rings. The average Bonchev–Trinajstić information content (AvgIpc) is 2.18. The van der Waals surface area contributed by atoms with Gasteiger partial charge in [0.05, 0.1) is 19.6 Å².